The van der Waals surface area contributed by atoms with Gasteiger partial charge in [0.05, 0.1) is 5.75 Å². The van der Waals surface area contributed by atoms with Crippen molar-refractivity contribution in [3.63, 3.8) is 0 Å². The highest BCUT2D eigenvalue weighted by molar-refractivity contribution is 14.0. The molecule has 1 fully saturated rings. The first-order chi connectivity index (χ1) is 11.5. The monoisotopic (exact) mass is 480 g/mol. The van der Waals surface area contributed by atoms with E-state index in [1.165, 1.54) is 18.4 Å². The van der Waals surface area contributed by atoms with Crippen LogP contribution in [0.1, 0.15) is 31.7 Å². The number of nitrogens with one attached hydrogen (secondary N) is 3. The molecule has 1 aromatic rings. The third-order valence-electron chi connectivity index (χ3n) is 4.41. The highest BCUT2D eigenvalue weighted by Gasteiger charge is 2.43. The molecule has 3 N–H and O–H groups in total. The lowest BCUT2D eigenvalue weighted by atomic mass is 9.96. The number of hydrogen-bond donors (Lipinski definition) is 3. The molecule has 0 aliphatic heterocycles. The van der Waals surface area contributed by atoms with Crippen molar-refractivity contribution >= 4 is 40.0 Å². The van der Waals surface area contributed by atoms with E-state index in [9.17, 15) is 8.42 Å². The summed E-state index contributed by atoms with van der Waals surface area (Å²) >= 11 is 0. The summed E-state index contributed by atoms with van der Waals surface area (Å²) in [6.07, 6.45) is 3.10. The Morgan fingerprint density at radius 1 is 1.16 bits per heavy atom. The number of sulfonamides is 1. The van der Waals surface area contributed by atoms with Crippen LogP contribution in [-0.2, 0) is 15.4 Å². The lowest BCUT2D eigenvalue weighted by Gasteiger charge is -2.19. The molecule has 142 valence electrons. The second-order valence-corrected chi connectivity index (χ2v) is 8.25. The average Bonchev–Trinajstić information content (AvgIpc) is 3.39. The van der Waals surface area contributed by atoms with Gasteiger partial charge in [-0.1, -0.05) is 30.3 Å². The number of aliphatic imine (C=N–C) groups is 1. The van der Waals surface area contributed by atoms with Crippen LogP contribution in [0.4, 0.5) is 0 Å². The molecule has 0 radical (unpaired) electrons. The number of hydrogen-bond acceptors (Lipinski definition) is 3. The van der Waals surface area contributed by atoms with Crippen molar-refractivity contribution in [2.24, 2.45) is 4.99 Å². The first-order valence-corrected chi connectivity index (χ1v) is 10.1. The minimum Gasteiger partial charge on any atom is -0.356 e. The first kappa shape index (κ1) is 22.2. The Morgan fingerprint density at radius 3 is 2.40 bits per heavy atom. The van der Waals surface area contributed by atoms with Gasteiger partial charge in [0.2, 0.25) is 10.0 Å². The van der Waals surface area contributed by atoms with Crippen LogP contribution in [0.25, 0.3) is 0 Å². The summed E-state index contributed by atoms with van der Waals surface area (Å²) in [5.41, 5.74) is 1.61. The largest absolute Gasteiger partial charge is 0.356 e. The Labute approximate surface area is 168 Å². The molecule has 0 spiro atoms. The molecule has 1 aromatic carbocycles. The Balaban J connectivity index is 0.00000312. The second kappa shape index (κ2) is 10.3. The van der Waals surface area contributed by atoms with Crippen molar-refractivity contribution in [3.05, 3.63) is 35.9 Å². The number of benzene rings is 1. The molecule has 0 saturated heterocycles. The van der Waals surface area contributed by atoms with Gasteiger partial charge in [0.1, 0.15) is 0 Å². The van der Waals surface area contributed by atoms with Gasteiger partial charge in [-0.3, -0.25) is 4.99 Å². The van der Waals surface area contributed by atoms with E-state index in [-0.39, 0.29) is 35.1 Å². The van der Waals surface area contributed by atoms with Gasteiger partial charge in [0.15, 0.2) is 5.96 Å². The molecule has 1 aliphatic rings. The molecule has 0 heterocycles. The number of halogens is 1. The van der Waals surface area contributed by atoms with Crippen LogP contribution in [0, 0.1) is 0 Å². The molecular formula is C17H29IN4O2S. The smallest absolute Gasteiger partial charge is 0.211 e. The van der Waals surface area contributed by atoms with Gasteiger partial charge >= 0.3 is 0 Å². The third kappa shape index (κ3) is 7.10. The zero-order valence-corrected chi connectivity index (χ0v) is 18.1. The first-order valence-electron chi connectivity index (χ1n) is 8.49. The van der Waals surface area contributed by atoms with Gasteiger partial charge in [0, 0.05) is 32.1 Å². The fourth-order valence-electron chi connectivity index (χ4n) is 2.61. The van der Waals surface area contributed by atoms with Crippen LogP contribution in [0.5, 0.6) is 0 Å². The lowest BCUT2D eigenvalue weighted by molar-refractivity contribution is 0.579. The molecule has 6 nitrogen and oxygen atoms in total. The van der Waals surface area contributed by atoms with Crippen LogP contribution in [0.3, 0.4) is 0 Å². The fraction of sp³-hybridized carbons (Fsp3) is 0.588. The quantitative estimate of drug-likeness (QED) is 0.218. The number of guanidine groups is 1. The molecule has 1 saturated carbocycles. The maximum atomic E-state index is 11.3. The zero-order valence-electron chi connectivity index (χ0n) is 14.9. The average molecular weight is 480 g/mol. The maximum Gasteiger partial charge on any atom is 0.211 e. The molecule has 0 amide bonds. The van der Waals surface area contributed by atoms with E-state index in [4.69, 9.17) is 0 Å². The molecule has 0 atom stereocenters. The molecule has 0 aromatic heterocycles. The van der Waals surface area contributed by atoms with Gasteiger partial charge in [-0.15, -0.1) is 24.0 Å². The van der Waals surface area contributed by atoms with E-state index in [1.54, 1.807) is 14.0 Å². The van der Waals surface area contributed by atoms with Crippen LogP contribution >= 0.6 is 24.0 Å². The highest BCUT2D eigenvalue weighted by atomic mass is 127. The van der Waals surface area contributed by atoms with E-state index in [2.05, 4.69) is 44.6 Å². The summed E-state index contributed by atoms with van der Waals surface area (Å²) in [5.74, 6) is 0.876. The Morgan fingerprint density at radius 2 is 1.84 bits per heavy atom. The normalized spacial score (nSPS) is 16.0. The van der Waals surface area contributed by atoms with Crippen molar-refractivity contribution in [3.8, 4) is 0 Å². The van der Waals surface area contributed by atoms with E-state index < -0.39 is 10.0 Å². The van der Waals surface area contributed by atoms with Crippen molar-refractivity contribution < 1.29 is 8.42 Å². The van der Waals surface area contributed by atoms with Crippen LogP contribution in [-0.4, -0.2) is 46.8 Å². The summed E-state index contributed by atoms with van der Waals surface area (Å²) in [5, 5.41) is 6.62. The fourth-order valence-corrected chi connectivity index (χ4v) is 3.27. The molecule has 1 aliphatic carbocycles. The van der Waals surface area contributed by atoms with Crippen molar-refractivity contribution in [2.45, 2.75) is 31.6 Å². The molecule has 8 heteroatoms. The summed E-state index contributed by atoms with van der Waals surface area (Å²) in [6, 6.07) is 10.6. The topological polar surface area (TPSA) is 82.6 Å². The molecule has 25 heavy (non-hydrogen) atoms. The summed E-state index contributed by atoms with van der Waals surface area (Å²) in [4.78, 5) is 4.23. The molecule has 0 bridgehead atoms. The van der Waals surface area contributed by atoms with Gasteiger partial charge < -0.3 is 10.6 Å². The lowest BCUT2D eigenvalue weighted by Crippen LogP contribution is -2.42. The van der Waals surface area contributed by atoms with Gasteiger partial charge in [-0.05, 0) is 31.7 Å². The highest BCUT2D eigenvalue weighted by Crippen LogP contribution is 2.47. The third-order valence-corrected chi connectivity index (χ3v) is 5.81. The Bertz CT molecular complexity index is 646. The summed E-state index contributed by atoms with van der Waals surface area (Å²) < 4.78 is 25.2. The van der Waals surface area contributed by atoms with Gasteiger partial charge in [-0.2, -0.15) is 0 Å². The van der Waals surface area contributed by atoms with Crippen LogP contribution in [0.2, 0.25) is 0 Å². The van der Waals surface area contributed by atoms with Crippen molar-refractivity contribution in [2.75, 3.05) is 32.4 Å². The predicted molar refractivity (Wildman–Crippen MR) is 114 cm³/mol. The number of nitrogens with zero attached hydrogens (tertiary/aromatic N) is 1. The predicted octanol–water partition coefficient (Wildman–Crippen LogP) is 1.83. The second-order valence-electron chi connectivity index (χ2n) is 6.15. The summed E-state index contributed by atoms with van der Waals surface area (Å²) in [6.45, 7) is 3.60. The molecule has 0 unspecified atom stereocenters. The number of rotatable bonds is 9. The van der Waals surface area contributed by atoms with E-state index in [1.807, 2.05) is 6.07 Å². The minimum absolute atomic E-state index is 0. The Hall–Kier alpha value is -0.870. The van der Waals surface area contributed by atoms with Crippen molar-refractivity contribution in [1.82, 2.24) is 15.4 Å². The van der Waals surface area contributed by atoms with E-state index in [0.717, 1.165) is 12.5 Å². The van der Waals surface area contributed by atoms with Gasteiger partial charge in [-0.25, -0.2) is 13.1 Å². The van der Waals surface area contributed by atoms with E-state index >= 15 is 0 Å². The van der Waals surface area contributed by atoms with Gasteiger partial charge in [0.25, 0.3) is 0 Å². The standard InChI is InChI=1S/C17H28N4O2S.HI/c1-3-24(22,23)21-13-7-12-19-16(18-2)20-14-17(10-11-17)15-8-5-4-6-9-15;/h4-6,8-9,21H,3,7,10-14H2,1-2H3,(H2,18,19,20);1H. The molecule has 2 rings (SSSR count). The van der Waals surface area contributed by atoms with Crippen LogP contribution in [0.15, 0.2) is 35.3 Å². The Kier molecular flexibility index (Phi) is 9.15. The maximum absolute atomic E-state index is 11.3. The minimum atomic E-state index is -3.10. The zero-order chi connectivity index (χ0) is 17.5. The SMILES string of the molecule is CCS(=O)(=O)NCCCNC(=NC)NCC1(c2ccccc2)CC1.I. The van der Waals surface area contributed by atoms with E-state index in [0.29, 0.717) is 19.5 Å². The summed E-state index contributed by atoms with van der Waals surface area (Å²) in [7, 11) is -1.35. The van der Waals surface area contributed by atoms with Crippen molar-refractivity contribution in [1.29, 1.82) is 0 Å². The molecular weight excluding hydrogens is 451 g/mol. The van der Waals surface area contributed by atoms with Crippen LogP contribution < -0.4 is 15.4 Å².